The van der Waals surface area contributed by atoms with Crippen LogP contribution in [0.15, 0.2) is 18.2 Å². The van der Waals surface area contributed by atoms with Crippen LogP contribution in [0.1, 0.15) is 69.1 Å². The van der Waals surface area contributed by atoms with E-state index in [1.165, 1.54) is 36.8 Å². The molecule has 20 heavy (non-hydrogen) atoms. The molecular formula is C19H31N. The molecule has 1 fully saturated rings. The van der Waals surface area contributed by atoms with E-state index in [-0.39, 0.29) is 0 Å². The highest BCUT2D eigenvalue weighted by Gasteiger charge is 2.52. The van der Waals surface area contributed by atoms with Crippen LogP contribution in [-0.2, 0) is 0 Å². The lowest BCUT2D eigenvalue weighted by Gasteiger charge is -2.57. The molecule has 1 aliphatic carbocycles. The van der Waals surface area contributed by atoms with Crippen LogP contribution in [0.4, 0.5) is 0 Å². The van der Waals surface area contributed by atoms with Gasteiger partial charge in [0.05, 0.1) is 0 Å². The van der Waals surface area contributed by atoms with Gasteiger partial charge >= 0.3 is 0 Å². The summed E-state index contributed by atoms with van der Waals surface area (Å²) in [5, 5.41) is 3.79. The van der Waals surface area contributed by atoms with Crippen LogP contribution in [0.2, 0.25) is 0 Å². The Morgan fingerprint density at radius 1 is 1.15 bits per heavy atom. The first-order valence-corrected chi connectivity index (χ1v) is 8.39. The fraction of sp³-hybridized carbons (Fsp3) is 0.684. The smallest absolute Gasteiger partial charge is 0.0135 e. The van der Waals surface area contributed by atoms with E-state index in [0.717, 1.165) is 12.5 Å². The van der Waals surface area contributed by atoms with Gasteiger partial charge in [0, 0.05) is 6.04 Å². The highest BCUT2D eigenvalue weighted by Crippen LogP contribution is 2.57. The van der Waals surface area contributed by atoms with E-state index in [1.54, 1.807) is 5.56 Å². The molecule has 0 bridgehead atoms. The van der Waals surface area contributed by atoms with E-state index in [9.17, 15) is 0 Å². The molecule has 0 aliphatic heterocycles. The van der Waals surface area contributed by atoms with Crippen molar-refractivity contribution in [3.05, 3.63) is 34.9 Å². The zero-order valence-corrected chi connectivity index (χ0v) is 13.9. The number of aryl methyl sites for hydroxylation is 2. The Morgan fingerprint density at radius 2 is 1.85 bits per heavy atom. The molecule has 2 unspecified atom stereocenters. The molecule has 0 radical (unpaired) electrons. The summed E-state index contributed by atoms with van der Waals surface area (Å²) in [4.78, 5) is 0. The van der Waals surface area contributed by atoms with Gasteiger partial charge in [0.25, 0.3) is 0 Å². The fourth-order valence-corrected chi connectivity index (χ4v) is 4.28. The normalized spacial score (nSPS) is 24.4. The molecule has 1 aromatic carbocycles. The number of benzene rings is 1. The van der Waals surface area contributed by atoms with Crippen molar-refractivity contribution in [3.8, 4) is 0 Å². The Hall–Kier alpha value is -0.820. The maximum Gasteiger partial charge on any atom is 0.0135 e. The van der Waals surface area contributed by atoms with Gasteiger partial charge in [-0.3, -0.25) is 0 Å². The molecule has 0 spiro atoms. The molecule has 1 aliphatic rings. The molecule has 1 nitrogen and oxygen atoms in total. The minimum atomic E-state index is 0.467. The van der Waals surface area contributed by atoms with Gasteiger partial charge < -0.3 is 5.32 Å². The molecule has 2 rings (SSSR count). The second-order valence-electron chi connectivity index (χ2n) is 6.60. The van der Waals surface area contributed by atoms with Crippen molar-refractivity contribution in [1.82, 2.24) is 5.32 Å². The predicted octanol–water partition coefficient (Wildman–Crippen LogP) is 4.97. The monoisotopic (exact) mass is 273 g/mol. The summed E-state index contributed by atoms with van der Waals surface area (Å²) < 4.78 is 0. The quantitative estimate of drug-likeness (QED) is 0.772. The summed E-state index contributed by atoms with van der Waals surface area (Å²) in [6.45, 7) is 12.6. The maximum absolute atomic E-state index is 3.79. The summed E-state index contributed by atoms with van der Waals surface area (Å²) in [5.41, 5.74) is 4.92. The second kappa shape index (κ2) is 6.30. The van der Waals surface area contributed by atoms with Crippen LogP contribution < -0.4 is 5.32 Å². The fourth-order valence-electron chi connectivity index (χ4n) is 4.28. The average Bonchev–Trinajstić information content (AvgIpc) is 2.41. The highest BCUT2D eigenvalue weighted by atomic mass is 15.0. The van der Waals surface area contributed by atoms with Crippen molar-refractivity contribution in [2.24, 2.45) is 5.41 Å². The number of rotatable bonds is 6. The minimum Gasteiger partial charge on any atom is -0.313 e. The van der Waals surface area contributed by atoms with Crippen molar-refractivity contribution >= 4 is 0 Å². The Labute approximate surface area is 125 Å². The summed E-state index contributed by atoms with van der Waals surface area (Å²) >= 11 is 0. The van der Waals surface area contributed by atoms with Crippen molar-refractivity contribution in [3.63, 3.8) is 0 Å². The highest BCUT2D eigenvalue weighted by molar-refractivity contribution is 5.37. The molecule has 1 N–H and O–H groups in total. The first kappa shape index (κ1) is 15.6. The number of nitrogens with one attached hydrogen (secondary N) is 1. The Bertz CT molecular complexity index is 445. The number of hydrogen-bond donors (Lipinski definition) is 1. The van der Waals surface area contributed by atoms with E-state index in [0.29, 0.717) is 11.5 Å². The Morgan fingerprint density at radius 3 is 2.40 bits per heavy atom. The van der Waals surface area contributed by atoms with Gasteiger partial charge in [0.2, 0.25) is 0 Å². The van der Waals surface area contributed by atoms with Gasteiger partial charge in [-0.05, 0) is 68.5 Å². The molecule has 112 valence electrons. The van der Waals surface area contributed by atoms with Crippen LogP contribution in [0.3, 0.4) is 0 Å². The lowest BCUT2D eigenvalue weighted by Crippen LogP contribution is -2.58. The van der Waals surface area contributed by atoms with Crippen LogP contribution in [-0.4, -0.2) is 12.6 Å². The van der Waals surface area contributed by atoms with E-state index in [2.05, 4.69) is 58.1 Å². The van der Waals surface area contributed by atoms with E-state index in [4.69, 9.17) is 0 Å². The second-order valence-corrected chi connectivity index (χ2v) is 6.60. The van der Waals surface area contributed by atoms with E-state index in [1.807, 2.05) is 0 Å². The summed E-state index contributed by atoms with van der Waals surface area (Å²) in [6, 6.07) is 7.72. The zero-order valence-electron chi connectivity index (χ0n) is 13.9. The lowest BCUT2D eigenvalue weighted by atomic mass is 9.51. The largest absolute Gasteiger partial charge is 0.313 e. The van der Waals surface area contributed by atoms with E-state index < -0.39 is 0 Å². The molecular weight excluding hydrogens is 242 g/mol. The zero-order chi connectivity index (χ0) is 14.8. The van der Waals surface area contributed by atoms with Crippen molar-refractivity contribution in [2.45, 2.75) is 72.3 Å². The molecule has 0 saturated heterocycles. The average molecular weight is 273 g/mol. The van der Waals surface area contributed by atoms with E-state index >= 15 is 0 Å². The summed E-state index contributed by atoms with van der Waals surface area (Å²) in [5.74, 6) is 0.743. The van der Waals surface area contributed by atoms with Crippen molar-refractivity contribution in [1.29, 1.82) is 0 Å². The molecule has 1 aromatic rings. The van der Waals surface area contributed by atoms with Crippen molar-refractivity contribution < 1.29 is 0 Å². The third-order valence-electron chi connectivity index (χ3n) is 5.62. The molecule has 0 amide bonds. The SMILES string of the molecule is CCCNC1CC(c2ccc(C)cc2C)C1(CC)CC. The maximum atomic E-state index is 3.79. The van der Waals surface area contributed by atoms with Gasteiger partial charge in [-0.25, -0.2) is 0 Å². The van der Waals surface area contributed by atoms with Crippen LogP contribution in [0.5, 0.6) is 0 Å². The van der Waals surface area contributed by atoms with Gasteiger partial charge in [-0.2, -0.15) is 0 Å². The van der Waals surface area contributed by atoms with Gasteiger partial charge in [-0.1, -0.05) is 44.5 Å². The molecule has 1 heteroatoms. The molecule has 0 aromatic heterocycles. The van der Waals surface area contributed by atoms with Crippen LogP contribution >= 0.6 is 0 Å². The van der Waals surface area contributed by atoms with Crippen molar-refractivity contribution in [2.75, 3.05) is 6.54 Å². The first-order valence-electron chi connectivity index (χ1n) is 8.39. The molecule has 0 heterocycles. The third-order valence-corrected chi connectivity index (χ3v) is 5.62. The lowest BCUT2D eigenvalue weighted by molar-refractivity contribution is 0.0198. The van der Waals surface area contributed by atoms with Gasteiger partial charge in [0.15, 0.2) is 0 Å². The first-order chi connectivity index (χ1) is 9.58. The van der Waals surface area contributed by atoms with Crippen LogP contribution in [0.25, 0.3) is 0 Å². The summed E-state index contributed by atoms with van der Waals surface area (Å²) in [6.07, 6.45) is 5.10. The standard InChI is InChI=1S/C19H31N/c1-6-11-20-18-13-17(19(18,7-2)8-3)16-10-9-14(4)12-15(16)5/h9-10,12,17-18,20H,6-8,11,13H2,1-5H3. The topological polar surface area (TPSA) is 12.0 Å². The molecule has 1 saturated carbocycles. The van der Waals surface area contributed by atoms with Gasteiger partial charge in [-0.15, -0.1) is 0 Å². The Kier molecular flexibility index (Phi) is 4.90. The summed E-state index contributed by atoms with van der Waals surface area (Å²) in [7, 11) is 0. The Balaban J connectivity index is 2.24. The molecule has 2 atom stereocenters. The predicted molar refractivity (Wildman–Crippen MR) is 88.4 cm³/mol. The number of hydrogen-bond acceptors (Lipinski definition) is 1. The minimum absolute atomic E-state index is 0.467. The van der Waals surface area contributed by atoms with Crippen LogP contribution in [0, 0.1) is 19.3 Å². The third kappa shape index (κ3) is 2.53. The van der Waals surface area contributed by atoms with Gasteiger partial charge in [0.1, 0.15) is 0 Å².